The predicted molar refractivity (Wildman–Crippen MR) is 133 cm³/mol. The fourth-order valence-corrected chi connectivity index (χ4v) is 4.12. The molecule has 1 heterocycles. The van der Waals surface area contributed by atoms with E-state index in [0.29, 0.717) is 30.3 Å². The molecule has 0 spiro atoms. The lowest BCUT2D eigenvalue weighted by molar-refractivity contribution is -0.120. The molecule has 1 atom stereocenters. The highest BCUT2D eigenvalue weighted by Gasteiger charge is 2.25. The Bertz CT molecular complexity index is 1050. The van der Waals surface area contributed by atoms with Gasteiger partial charge in [0.2, 0.25) is 0 Å². The number of carbonyl (C=O) groups excluding carboxylic acids is 2. The van der Waals surface area contributed by atoms with Crippen molar-refractivity contribution in [1.82, 2.24) is 4.90 Å². The summed E-state index contributed by atoms with van der Waals surface area (Å²) < 4.78 is 13.3. The first-order valence-electron chi connectivity index (χ1n) is 11.4. The van der Waals surface area contributed by atoms with E-state index in [1.165, 1.54) is 12.5 Å². The lowest BCUT2D eigenvalue weighted by Crippen LogP contribution is -2.38. The molecule has 0 bridgehead atoms. The molecule has 3 rings (SSSR count). The fraction of sp³-hybridized carbons (Fsp3) is 0.370. The molecule has 1 aliphatic heterocycles. The van der Waals surface area contributed by atoms with E-state index >= 15 is 0 Å². The van der Waals surface area contributed by atoms with E-state index in [1.54, 1.807) is 25.2 Å². The maximum atomic E-state index is 13.3. The molecule has 0 aliphatic carbocycles. The van der Waals surface area contributed by atoms with Crippen molar-refractivity contribution in [2.24, 2.45) is 4.99 Å². The number of rotatable bonds is 6. The summed E-state index contributed by atoms with van der Waals surface area (Å²) >= 11 is 0. The summed E-state index contributed by atoms with van der Waals surface area (Å²) in [5.74, 6) is -0.363. The summed E-state index contributed by atoms with van der Waals surface area (Å²) in [6.07, 6.45) is 4.09. The molecule has 174 valence electrons. The van der Waals surface area contributed by atoms with Crippen LogP contribution in [-0.2, 0) is 4.79 Å². The molecule has 0 saturated carbocycles. The molecule has 5 nitrogen and oxygen atoms in total. The third kappa shape index (κ3) is 5.95. The van der Waals surface area contributed by atoms with Gasteiger partial charge in [0.05, 0.1) is 0 Å². The van der Waals surface area contributed by atoms with Gasteiger partial charge in [0.25, 0.3) is 11.8 Å². The van der Waals surface area contributed by atoms with Gasteiger partial charge in [-0.1, -0.05) is 36.4 Å². The van der Waals surface area contributed by atoms with Gasteiger partial charge in [0.15, 0.2) is 6.17 Å². The van der Waals surface area contributed by atoms with E-state index in [9.17, 15) is 14.0 Å². The van der Waals surface area contributed by atoms with Crippen molar-refractivity contribution in [1.29, 1.82) is 0 Å². The number of hydrogen-bond donors (Lipinski definition) is 1. The van der Waals surface area contributed by atoms with E-state index in [1.807, 2.05) is 31.0 Å². The SMILES string of the molecule is C/C=C(\C=N/C)c1ccc(C2CCN(C(=O)c3ccc(C)c(NC(=O)C(C)F)c3)CC2)cc1. The van der Waals surface area contributed by atoms with Crippen LogP contribution in [0.15, 0.2) is 53.5 Å². The number of alkyl halides is 1. The van der Waals surface area contributed by atoms with E-state index in [0.717, 1.165) is 29.5 Å². The smallest absolute Gasteiger partial charge is 0.258 e. The van der Waals surface area contributed by atoms with Gasteiger partial charge in [0.1, 0.15) is 0 Å². The Balaban J connectivity index is 1.64. The number of amides is 2. The number of nitrogens with zero attached hydrogens (tertiary/aromatic N) is 2. The first-order valence-corrected chi connectivity index (χ1v) is 11.4. The first-order chi connectivity index (χ1) is 15.8. The van der Waals surface area contributed by atoms with Gasteiger partial charge in [-0.05, 0) is 73.9 Å². The second-order valence-corrected chi connectivity index (χ2v) is 8.45. The van der Waals surface area contributed by atoms with E-state index in [4.69, 9.17) is 0 Å². The van der Waals surface area contributed by atoms with Crippen LogP contribution in [0, 0.1) is 6.92 Å². The zero-order valence-electron chi connectivity index (χ0n) is 19.8. The van der Waals surface area contributed by atoms with Crippen LogP contribution in [0.4, 0.5) is 10.1 Å². The van der Waals surface area contributed by atoms with Crippen LogP contribution in [-0.4, -0.2) is 49.2 Å². The van der Waals surface area contributed by atoms with Crippen LogP contribution in [0.3, 0.4) is 0 Å². The molecule has 0 aromatic heterocycles. The van der Waals surface area contributed by atoms with Crippen molar-refractivity contribution in [2.45, 2.75) is 45.7 Å². The van der Waals surface area contributed by atoms with Crippen LogP contribution in [0.2, 0.25) is 0 Å². The summed E-state index contributed by atoms with van der Waals surface area (Å²) in [7, 11) is 1.77. The Morgan fingerprint density at radius 1 is 1.12 bits per heavy atom. The highest BCUT2D eigenvalue weighted by Crippen LogP contribution is 2.30. The molecular formula is C27H32FN3O2. The van der Waals surface area contributed by atoms with Crippen molar-refractivity contribution in [3.05, 3.63) is 70.8 Å². The molecule has 6 heteroatoms. The number of carbonyl (C=O) groups is 2. The average Bonchev–Trinajstić information content (AvgIpc) is 2.83. The zero-order valence-corrected chi connectivity index (χ0v) is 19.8. The molecule has 2 amide bonds. The highest BCUT2D eigenvalue weighted by atomic mass is 19.1. The standard InChI is InChI=1S/C27H32FN3O2/c1-5-20(17-29-4)21-8-10-22(11-9-21)23-12-14-31(15-13-23)27(33)24-7-6-18(2)25(16-24)30-26(32)19(3)28/h5-11,16-17,19,23H,12-15H2,1-4H3,(H,30,32)/b20-5+,29-17-. The number of piperidine rings is 1. The Hall–Kier alpha value is -3.28. The minimum atomic E-state index is -1.61. The molecule has 33 heavy (non-hydrogen) atoms. The fourth-order valence-electron chi connectivity index (χ4n) is 4.12. The van der Waals surface area contributed by atoms with Crippen LogP contribution in [0.1, 0.15) is 59.7 Å². The zero-order chi connectivity index (χ0) is 24.0. The van der Waals surface area contributed by atoms with Gasteiger partial charge >= 0.3 is 0 Å². The number of aliphatic imine (C=N–C) groups is 1. The number of likely N-dealkylation sites (tertiary alicyclic amines) is 1. The summed E-state index contributed by atoms with van der Waals surface area (Å²) in [5.41, 5.74) is 5.29. The third-order valence-corrected chi connectivity index (χ3v) is 6.18. The molecule has 2 aromatic carbocycles. The number of halogens is 1. The van der Waals surface area contributed by atoms with Crippen molar-refractivity contribution in [2.75, 3.05) is 25.5 Å². The van der Waals surface area contributed by atoms with Crippen LogP contribution < -0.4 is 5.32 Å². The van der Waals surface area contributed by atoms with Gasteiger partial charge in [-0.25, -0.2) is 4.39 Å². The van der Waals surface area contributed by atoms with Crippen LogP contribution >= 0.6 is 0 Å². The Morgan fingerprint density at radius 2 is 1.76 bits per heavy atom. The number of hydrogen-bond acceptors (Lipinski definition) is 3. The third-order valence-electron chi connectivity index (χ3n) is 6.18. The summed E-state index contributed by atoms with van der Waals surface area (Å²) in [6.45, 7) is 6.36. The Morgan fingerprint density at radius 3 is 2.33 bits per heavy atom. The van der Waals surface area contributed by atoms with Gasteiger partial charge in [0, 0.05) is 37.6 Å². The Kier molecular flexibility index (Phi) is 8.15. The number of aryl methyl sites for hydroxylation is 1. The van der Waals surface area contributed by atoms with Crippen molar-refractivity contribution >= 4 is 29.3 Å². The minimum Gasteiger partial charge on any atom is -0.339 e. The first kappa shape index (κ1) is 24.4. The van der Waals surface area contributed by atoms with E-state index < -0.39 is 12.1 Å². The maximum absolute atomic E-state index is 13.3. The largest absolute Gasteiger partial charge is 0.339 e. The number of benzene rings is 2. The second kappa shape index (κ2) is 11.0. The van der Waals surface area contributed by atoms with Gasteiger partial charge in [-0.15, -0.1) is 0 Å². The molecule has 1 saturated heterocycles. The molecule has 1 aliphatic rings. The normalized spacial score (nSPS) is 16.2. The van der Waals surface area contributed by atoms with Crippen LogP contribution in [0.25, 0.3) is 5.57 Å². The van der Waals surface area contributed by atoms with Crippen molar-refractivity contribution in [3.63, 3.8) is 0 Å². The molecule has 1 fully saturated rings. The lowest BCUT2D eigenvalue weighted by atomic mass is 9.88. The summed E-state index contributed by atoms with van der Waals surface area (Å²) in [4.78, 5) is 30.8. The number of allylic oxidation sites excluding steroid dienone is 2. The molecular weight excluding hydrogens is 417 g/mol. The van der Waals surface area contributed by atoms with Crippen LogP contribution in [0.5, 0.6) is 0 Å². The molecule has 0 radical (unpaired) electrons. The molecule has 1 unspecified atom stereocenters. The highest BCUT2D eigenvalue weighted by molar-refractivity contribution is 6.09. The molecule has 2 aromatic rings. The monoisotopic (exact) mass is 449 g/mol. The van der Waals surface area contributed by atoms with E-state index in [-0.39, 0.29) is 5.91 Å². The Labute approximate surface area is 195 Å². The average molecular weight is 450 g/mol. The number of nitrogens with one attached hydrogen (secondary N) is 1. The molecule has 1 N–H and O–H groups in total. The second-order valence-electron chi connectivity index (χ2n) is 8.45. The summed E-state index contributed by atoms with van der Waals surface area (Å²) in [5, 5.41) is 2.56. The van der Waals surface area contributed by atoms with Crippen molar-refractivity contribution in [3.8, 4) is 0 Å². The predicted octanol–water partition coefficient (Wildman–Crippen LogP) is 5.42. The van der Waals surface area contributed by atoms with Crippen molar-refractivity contribution < 1.29 is 14.0 Å². The van der Waals surface area contributed by atoms with Gasteiger partial charge in [-0.3, -0.25) is 14.6 Å². The minimum absolute atomic E-state index is 0.0656. The van der Waals surface area contributed by atoms with Gasteiger partial charge in [-0.2, -0.15) is 0 Å². The lowest BCUT2D eigenvalue weighted by Gasteiger charge is -2.32. The topological polar surface area (TPSA) is 61.8 Å². The summed E-state index contributed by atoms with van der Waals surface area (Å²) in [6, 6.07) is 13.8. The number of anilines is 1. The van der Waals surface area contributed by atoms with Gasteiger partial charge < -0.3 is 10.2 Å². The maximum Gasteiger partial charge on any atom is 0.258 e. The van der Waals surface area contributed by atoms with E-state index in [2.05, 4.69) is 34.6 Å². The quantitative estimate of drug-likeness (QED) is 0.599.